The number of rotatable bonds is 4. The summed E-state index contributed by atoms with van der Waals surface area (Å²) in [4.78, 5) is 22.7. The number of esters is 1. The fraction of sp³-hybridized carbons (Fsp3) is 0.231. The van der Waals surface area contributed by atoms with Crippen LogP contribution in [0.5, 0.6) is 0 Å². The van der Waals surface area contributed by atoms with Gasteiger partial charge in [0.1, 0.15) is 0 Å². The van der Waals surface area contributed by atoms with E-state index in [-0.39, 0.29) is 0 Å². The highest BCUT2D eigenvalue weighted by atomic mass is 16.5. The molecule has 5 heteroatoms. The first-order valence-corrected chi connectivity index (χ1v) is 5.60. The van der Waals surface area contributed by atoms with Crippen LogP contribution >= 0.6 is 0 Å². The topological polar surface area (TPSA) is 67.4 Å². The third kappa shape index (κ3) is 4.69. The largest absolute Gasteiger partial charge is 0.463 e. The minimum Gasteiger partial charge on any atom is -0.463 e. The van der Waals surface area contributed by atoms with E-state index in [1.807, 2.05) is 18.2 Å². The lowest BCUT2D eigenvalue weighted by atomic mass is 10.3. The lowest BCUT2D eigenvalue weighted by Gasteiger charge is -2.05. The monoisotopic (exact) mass is 248 g/mol. The summed E-state index contributed by atoms with van der Waals surface area (Å²) in [6.45, 7) is 3.60. The molecule has 0 spiro atoms. The summed E-state index contributed by atoms with van der Waals surface area (Å²) in [6, 6.07) is 8.60. The lowest BCUT2D eigenvalue weighted by Crippen LogP contribution is -2.25. The number of benzene rings is 1. The zero-order valence-corrected chi connectivity index (χ0v) is 10.4. The van der Waals surface area contributed by atoms with Crippen molar-refractivity contribution in [2.75, 3.05) is 11.9 Å². The second-order valence-electron chi connectivity index (χ2n) is 3.51. The molecule has 0 fully saturated rings. The normalized spacial score (nSPS) is 10.7. The van der Waals surface area contributed by atoms with Gasteiger partial charge in [0.05, 0.1) is 12.2 Å². The van der Waals surface area contributed by atoms with E-state index in [9.17, 15) is 9.59 Å². The standard InChI is InChI=1S/C13H16N2O3/c1-3-18-12(16)10(2)9-14-13(17)15-11-7-5-4-6-8-11/h4-9H,3H2,1-2H3,(H2,14,15,17). The molecule has 0 aliphatic rings. The maximum atomic E-state index is 11.5. The quantitative estimate of drug-likeness (QED) is 0.634. The first kappa shape index (κ1) is 13.8. The second kappa shape index (κ2) is 7.11. The molecule has 0 bridgehead atoms. The van der Waals surface area contributed by atoms with E-state index in [1.165, 1.54) is 6.20 Å². The highest BCUT2D eigenvalue weighted by molar-refractivity contribution is 5.92. The molecular weight excluding hydrogens is 232 g/mol. The molecule has 1 rings (SSSR count). The minimum absolute atomic E-state index is 0.306. The van der Waals surface area contributed by atoms with Crippen LogP contribution in [0.4, 0.5) is 10.5 Å². The van der Waals surface area contributed by atoms with E-state index >= 15 is 0 Å². The zero-order chi connectivity index (χ0) is 13.4. The Hall–Kier alpha value is -2.30. The van der Waals surface area contributed by atoms with Crippen LogP contribution in [0.2, 0.25) is 0 Å². The third-order valence-electron chi connectivity index (χ3n) is 2.05. The molecule has 0 aliphatic heterocycles. The first-order chi connectivity index (χ1) is 8.63. The Labute approximate surface area is 106 Å². The molecule has 5 nitrogen and oxygen atoms in total. The van der Waals surface area contributed by atoms with Crippen molar-refractivity contribution in [2.24, 2.45) is 0 Å². The zero-order valence-electron chi connectivity index (χ0n) is 10.4. The molecule has 0 aromatic heterocycles. The van der Waals surface area contributed by atoms with Gasteiger partial charge in [-0.3, -0.25) is 0 Å². The number of urea groups is 1. The molecule has 2 amide bonds. The summed E-state index contributed by atoms with van der Waals surface area (Å²) < 4.78 is 4.78. The van der Waals surface area contributed by atoms with Gasteiger partial charge in [0.15, 0.2) is 0 Å². The van der Waals surface area contributed by atoms with Crippen molar-refractivity contribution in [3.8, 4) is 0 Å². The number of anilines is 1. The number of hydrogen-bond acceptors (Lipinski definition) is 3. The van der Waals surface area contributed by atoms with Gasteiger partial charge in [-0.15, -0.1) is 0 Å². The van der Waals surface area contributed by atoms with Crippen LogP contribution in [0.3, 0.4) is 0 Å². The van der Waals surface area contributed by atoms with Gasteiger partial charge in [0.2, 0.25) is 0 Å². The predicted octanol–water partition coefficient (Wildman–Crippen LogP) is 2.28. The molecule has 18 heavy (non-hydrogen) atoms. The molecule has 0 heterocycles. The lowest BCUT2D eigenvalue weighted by molar-refractivity contribution is -0.138. The van der Waals surface area contributed by atoms with Gasteiger partial charge in [-0.05, 0) is 26.0 Å². The Morgan fingerprint density at radius 3 is 2.56 bits per heavy atom. The van der Waals surface area contributed by atoms with E-state index in [2.05, 4.69) is 10.6 Å². The summed E-state index contributed by atoms with van der Waals surface area (Å²) >= 11 is 0. The summed E-state index contributed by atoms with van der Waals surface area (Å²) in [5, 5.41) is 5.08. The number of nitrogens with one attached hydrogen (secondary N) is 2. The van der Waals surface area contributed by atoms with Gasteiger partial charge in [-0.1, -0.05) is 18.2 Å². The number of carbonyl (C=O) groups is 2. The van der Waals surface area contributed by atoms with E-state index < -0.39 is 12.0 Å². The van der Waals surface area contributed by atoms with Gasteiger partial charge < -0.3 is 15.4 Å². The predicted molar refractivity (Wildman–Crippen MR) is 69.0 cm³/mol. The summed E-state index contributed by atoms with van der Waals surface area (Å²) in [7, 11) is 0. The third-order valence-corrected chi connectivity index (χ3v) is 2.05. The molecule has 0 saturated carbocycles. The van der Waals surface area contributed by atoms with Gasteiger partial charge in [-0.2, -0.15) is 0 Å². The van der Waals surface area contributed by atoms with Gasteiger partial charge in [-0.25, -0.2) is 9.59 Å². The van der Waals surface area contributed by atoms with Crippen molar-refractivity contribution in [3.63, 3.8) is 0 Å². The Morgan fingerprint density at radius 2 is 1.94 bits per heavy atom. The number of carbonyl (C=O) groups excluding carboxylic acids is 2. The SMILES string of the molecule is CCOC(=O)C(C)=CNC(=O)Nc1ccccc1. The van der Waals surface area contributed by atoms with E-state index in [1.54, 1.807) is 26.0 Å². The van der Waals surface area contributed by atoms with Gasteiger partial charge in [0.25, 0.3) is 0 Å². The van der Waals surface area contributed by atoms with Crippen LogP contribution in [0.1, 0.15) is 13.8 Å². The van der Waals surface area contributed by atoms with Crippen molar-refractivity contribution < 1.29 is 14.3 Å². The number of ether oxygens (including phenoxy) is 1. The Bertz CT molecular complexity index is 441. The number of para-hydroxylation sites is 1. The Morgan fingerprint density at radius 1 is 1.28 bits per heavy atom. The average Bonchev–Trinajstić information content (AvgIpc) is 2.37. The molecule has 0 unspecified atom stereocenters. The van der Waals surface area contributed by atoms with Gasteiger partial charge >= 0.3 is 12.0 Å². The molecule has 0 radical (unpaired) electrons. The molecular formula is C13H16N2O3. The molecule has 1 aromatic rings. The molecule has 1 aromatic carbocycles. The molecule has 2 N–H and O–H groups in total. The van der Waals surface area contributed by atoms with Crippen molar-refractivity contribution in [1.29, 1.82) is 0 Å². The van der Waals surface area contributed by atoms with Crippen LogP contribution in [0.15, 0.2) is 42.1 Å². The highest BCUT2D eigenvalue weighted by Crippen LogP contribution is 2.04. The second-order valence-corrected chi connectivity index (χ2v) is 3.51. The maximum absolute atomic E-state index is 11.5. The summed E-state index contributed by atoms with van der Waals surface area (Å²) in [5.41, 5.74) is 1.01. The number of amides is 2. The molecule has 0 aliphatic carbocycles. The fourth-order valence-electron chi connectivity index (χ4n) is 1.17. The van der Waals surface area contributed by atoms with Crippen molar-refractivity contribution in [2.45, 2.75) is 13.8 Å². The Kier molecular flexibility index (Phi) is 5.44. The van der Waals surface area contributed by atoms with Crippen LogP contribution in [-0.4, -0.2) is 18.6 Å². The van der Waals surface area contributed by atoms with E-state index in [0.29, 0.717) is 17.9 Å². The van der Waals surface area contributed by atoms with Crippen LogP contribution in [0.25, 0.3) is 0 Å². The minimum atomic E-state index is -0.447. The molecule has 0 saturated heterocycles. The average molecular weight is 248 g/mol. The van der Waals surface area contributed by atoms with Crippen LogP contribution in [0, 0.1) is 0 Å². The van der Waals surface area contributed by atoms with E-state index in [4.69, 9.17) is 4.74 Å². The van der Waals surface area contributed by atoms with Crippen molar-refractivity contribution in [1.82, 2.24) is 5.32 Å². The van der Waals surface area contributed by atoms with Crippen molar-refractivity contribution >= 4 is 17.7 Å². The van der Waals surface area contributed by atoms with Crippen LogP contribution < -0.4 is 10.6 Å². The number of hydrogen-bond donors (Lipinski definition) is 2. The first-order valence-electron chi connectivity index (χ1n) is 5.60. The van der Waals surface area contributed by atoms with Crippen LogP contribution in [-0.2, 0) is 9.53 Å². The summed E-state index contributed by atoms with van der Waals surface area (Å²) in [5.74, 6) is -0.447. The molecule has 0 atom stereocenters. The molecule has 96 valence electrons. The van der Waals surface area contributed by atoms with Crippen molar-refractivity contribution in [3.05, 3.63) is 42.1 Å². The maximum Gasteiger partial charge on any atom is 0.335 e. The van der Waals surface area contributed by atoms with Gasteiger partial charge in [0, 0.05) is 11.9 Å². The smallest absolute Gasteiger partial charge is 0.335 e. The highest BCUT2D eigenvalue weighted by Gasteiger charge is 2.05. The Balaban J connectivity index is 2.46. The summed E-state index contributed by atoms with van der Waals surface area (Å²) in [6.07, 6.45) is 1.32. The van der Waals surface area contributed by atoms with E-state index in [0.717, 1.165) is 0 Å². The fourth-order valence-corrected chi connectivity index (χ4v) is 1.17.